The van der Waals surface area contributed by atoms with Crippen molar-refractivity contribution in [3.05, 3.63) is 41.6 Å². The quantitative estimate of drug-likeness (QED) is 0.361. The average molecular weight is 454 g/mol. The lowest BCUT2D eigenvalue weighted by atomic mass is 10.1. The third-order valence-electron chi connectivity index (χ3n) is 3.73. The SMILES string of the molecule is CCS(=O)Cc1cc(C(F)(F)F)cnc1-c1nc2cc(SC(F)(F)F)ccc2o1. The summed E-state index contributed by atoms with van der Waals surface area (Å²) in [4.78, 5) is 7.74. The summed E-state index contributed by atoms with van der Waals surface area (Å²) in [5.74, 6) is -0.135. The first kappa shape index (κ1) is 21.6. The molecular formula is C17H12F6N2O2S2. The zero-order valence-corrected chi connectivity index (χ0v) is 16.2. The highest BCUT2D eigenvalue weighted by Crippen LogP contribution is 2.38. The van der Waals surface area contributed by atoms with Crippen molar-refractivity contribution in [1.82, 2.24) is 9.97 Å². The van der Waals surface area contributed by atoms with E-state index in [0.717, 1.165) is 12.1 Å². The summed E-state index contributed by atoms with van der Waals surface area (Å²) >= 11 is -0.323. The molecule has 0 aliphatic rings. The molecule has 12 heteroatoms. The average Bonchev–Trinajstić information content (AvgIpc) is 3.02. The van der Waals surface area contributed by atoms with E-state index in [2.05, 4.69) is 9.97 Å². The van der Waals surface area contributed by atoms with E-state index in [1.165, 1.54) is 12.1 Å². The molecule has 29 heavy (non-hydrogen) atoms. The first-order valence-electron chi connectivity index (χ1n) is 8.04. The number of pyridine rings is 1. The van der Waals surface area contributed by atoms with E-state index < -0.39 is 28.0 Å². The number of hydrogen-bond donors (Lipinski definition) is 0. The molecule has 3 aromatic rings. The highest BCUT2D eigenvalue weighted by Gasteiger charge is 2.33. The van der Waals surface area contributed by atoms with Gasteiger partial charge in [0.2, 0.25) is 5.89 Å². The Balaban J connectivity index is 2.06. The van der Waals surface area contributed by atoms with E-state index >= 15 is 0 Å². The van der Waals surface area contributed by atoms with E-state index in [0.29, 0.717) is 6.20 Å². The number of thioether (sulfide) groups is 1. The van der Waals surface area contributed by atoms with Crippen molar-refractivity contribution in [3.8, 4) is 11.6 Å². The maximum absolute atomic E-state index is 13.0. The number of fused-ring (bicyclic) bond motifs is 1. The Morgan fingerprint density at radius 1 is 1.14 bits per heavy atom. The van der Waals surface area contributed by atoms with Crippen molar-refractivity contribution in [3.63, 3.8) is 0 Å². The lowest BCUT2D eigenvalue weighted by Crippen LogP contribution is -2.09. The third-order valence-corrected chi connectivity index (χ3v) is 5.73. The number of benzene rings is 1. The van der Waals surface area contributed by atoms with E-state index in [4.69, 9.17) is 4.42 Å². The fourth-order valence-corrected chi connectivity index (χ4v) is 3.79. The molecule has 0 amide bonds. The van der Waals surface area contributed by atoms with Crippen LogP contribution in [0.15, 0.2) is 39.8 Å². The van der Waals surface area contributed by atoms with E-state index in [9.17, 15) is 30.6 Å². The van der Waals surface area contributed by atoms with Crippen LogP contribution in [-0.4, -0.2) is 25.4 Å². The number of alkyl halides is 6. The minimum absolute atomic E-state index is 0.0245. The monoisotopic (exact) mass is 454 g/mol. The van der Waals surface area contributed by atoms with Gasteiger partial charge in [-0.2, -0.15) is 26.3 Å². The van der Waals surface area contributed by atoms with Gasteiger partial charge in [0.05, 0.1) is 11.3 Å². The summed E-state index contributed by atoms with van der Waals surface area (Å²) < 4.78 is 94.1. The van der Waals surface area contributed by atoms with Crippen molar-refractivity contribution in [2.45, 2.75) is 29.3 Å². The van der Waals surface area contributed by atoms with Crippen LogP contribution in [0, 0.1) is 0 Å². The van der Waals surface area contributed by atoms with Gasteiger partial charge in [0.15, 0.2) is 5.58 Å². The first-order valence-corrected chi connectivity index (χ1v) is 10.3. The Hall–Kier alpha value is -2.08. The van der Waals surface area contributed by atoms with Gasteiger partial charge in [-0.1, -0.05) is 6.92 Å². The molecule has 1 aromatic carbocycles. The van der Waals surface area contributed by atoms with Crippen LogP contribution in [0.2, 0.25) is 0 Å². The molecule has 0 fully saturated rings. The van der Waals surface area contributed by atoms with Crippen LogP contribution >= 0.6 is 11.8 Å². The molecule has 0 spiro atoms. The molecule has 0 bridgehead atoms. The number of rotatable bonds is 5. The minimum Gasteiger partial charge on any atom is -0.435 e. The van der Waals surface area contributed by atoms with Crippen LogP contribution in [0.3, 0.4) is 0 Å². The molecule has 1 atom stereocenters. The molecule has 156 valence electrons. The van der Waals surface area contributed by atoms with Gasteiger partial charge in [0.1, 0.15) is 11.2 Å². The Morgan fingerprint density at radius 2 is 1.86 bits per heavy atom. The van der Waals surface area contributed by atoms with Gasteiger partial charge in [-0.3, -0.25) is 9.19 Å². The maximum atomic E-state index is 13.0. The van der Waals surface area contributed by atoms with E-state index in [1.807, 2.05) is 0 Å². The van der Waals surface area contributed by atoms with Gasteiger partial charge in [-0.25, -0.2) is 4.98 Å². The van der Waals surface area contributed by atoms with Gasteiger partial charge >= 0.3 is 11.7 Å². The standard InChI is InChI=1S/C17H12F6N2O2S2/c1-2-29(26)8-9-5-10(16(18,19)20)7-24-14(9)15-25-12-6-11(28-17(21,22)23)3-4-13(12)27-15/h3-7H,2,8H2,1H3. The molecule has 0 saturated heterocycles. The predicted molar refractivity (Wildman–Crippen MR) is 96.5 cm³/mol. The fourth-order valence-electron chi connectivity index (χ4n) is 2.45. The third kappa shape index (κ3) is 5.30. The second kappa shape index (κ2) is 7.98. The van der Waals surface area contributed by atoms with Gasteiger partial charge in [-0.05, 0) is 41.6 Å². The largest absolute Gasteiger partial charge is 0.446 e. The lowest BCUT2D eigenvalue weighted by molar-refractivity contribution is -0.137. The summed E-state index contributed by atoms with van der Waals surface area (Å²) in [5, 5.41) is 0. The summed E-state index contributed by atoms with van der Waals surface area (Å²) in [6, 6.07) is 4.47. The normalized spacial score (nSPS) is 13.8. The van der Waals surface area contributed by atoms with Crippen LogP contribution in [0.1, 0.15) is 18.1 Å². The molecule has 1 unspecified atom stereocenters. The van der Waals surface area contributed by atoms with E-state index in [-0.39, 0.29) is 56.4 Å². The zero-order chi connectivity index (χ0) is 21.4. The topological polar surface area (TPSA) is 56.0 Å². The van der Waals surface area contributed by atoms with Gasteiger partial charge in [0, 0.05) is 27.6 Å². The van der Waals surface area contributed by atoms with Crippen LogP contribution < -0.4 is 0 Å². The Kier molecular flexibility index (Phi) is 5.95. The van der Waals surface area contributed by atoms with Crippen molar-refractivity contribution in [2.75, 3.05) is 5.75 Å². The molecule has 3 rings (SSSR count). The van der Waals surface area contributed by atoms with Crippen molar-refractivity contribution < 1.29 is 35.0 Å². The summed E-state index contributed by atoms with van der Waals surface area (Å²) in [5.41, 5.74) is -5.26. The molecule has 0 saturated carbocycles. The molecule has 2 heterocycles. The van der Waals surface area contributed by atoms with E-state index in [1.54, 1.807) is 6.92 Å². The molecule has 0 aliphatic heterocycles. The Bertz CT molecular complexity index is 1060. The second-order valence-electron chi connectivity index (χ2n) is 5.80. The number of halogens is 6. The number of hydrogen-bond acceptors (Lipinski definition) is 5. The molecular weight excluding hydrogens is 442 g/mol. The van der Waals surface area contributed by atoms with Crippen LogP contribution in [0.5, 0.6) is 0 Å². The Morgan fingerprint density at radius 3 is 2.48 bits per heavy atom. The molecule has 4 nitrogen and oxygen atoms in total. The van der Waals surface area contributed by atoms with Gasteiger partial charge < -0.3 is 4.42 Å². The van der Waals surface area contributed by atoms with Crippen LogP contribution in [0.25, 0.3) is 22.7 Å². The summed E-state index contributed by atoms with van der Waals surface area (Å²) in [7, 11) is -1.44. The highest BCUT2D eigenvalue weighted by molar-refractivity contribution is 8.00. The van der Waals surface area contributed by atoms with Gasteiger partial charge in [0.25, 0.3) is 0 Å². The molecule has 0 aliphatic carbocycles. The number of oxazole rings is 1. The Labute approximate surface area is 167 Å². The van der Waals surface area contributed by atoms with Crippen molar-refractivity contribution in [2.24, 2.45) is 0 Å². The van der Waals surface area contributed by atoms with Crippen LogP contribution in [-0.2, 0) is 22.7 Å². The van der Waals surface area contributed by atoms with Crippen molar-refractivity contribution in [1.29, 1.82) is 0 Å². The predicted octanol–water partition coefficient (Wildman–Crippen LogP) is 5.79. The summed E-state index contributed by atoms with van der Waals surface area (Å²) in [6.07, 6.45) is -4.04. The maximum Gasteiger partial charge on any atom is 0.446 e. The lowest BCUT2D eigenvalue weighted by Gasteiger charge is -2.10. The molecule has 0 N–H and O–H groups in total. The first-order chi connectivity index (χ1) is 13.5. The van der Waals surface area contributed by atoms with Crippen LogP contribution in [0.4, 0.5) is 26.3 Å². The number of aromatic nitrogens is 2. The second-order valence-corrected chi connectivity index (χ2v) is 8.68. The molecule has 0 radical (unpaired) electrons. The number of nitrogens with zero attached hydrogens (tertiary/aromatic N) is 2. The van der Waals surface area contributed by atoms with Crippen molar-refractivity contribution >= 4 is 33.7 Å². The highest BCUT2D eigenvalue weighted by atomic mass is 32.2. The minimum atomic E-state index is -4.64. The fraction of sp³-hybridized carbons (Fsp3) is 0.294. The van der Waals surface area contributed by atoms with Gasteiger partial charge in [-0.15, -0.1) is 0 Å². The summed E-state index contributed by atoms with van der Waals surface area (Å²) in [6.45, 7) is 1.62. The zero-order valence-electron chi connectivity index (χ0n) is 14.6. The molecule has 2 aromatic heterocycles. The smallest absolute Gasteiger partial charge is 0.435 e.